The highest BCUT2D eigenvalue weighted by molar-refractivity contribution is 6.24. The summed E-state index contributed by atoms with van der Waals surface area (Å²) in [6, 6.07) is 3.27. The molecule has 36 heavy (non-hydrogen) atoms. The Kier molecular flexibility index (Phi) is 6.06. The van der Waals surface area contributed by atoms with Gasteiger partial charge in [0.1, 0.15) is 22.8 Å². The topological polar surface area (TPSA) is 182 Å². The summed E-state index contributed by atoms with van der Waals surface area (Å²) in [4.78, 5) is 40.3. The Morgan fingerprint density at radius 1 is 1.19 bits per heavy atom. The van der Waals surface area contributed by atoms with Crippen molar-refractivity contribution in [3.63, 3.8) is 0 Å². The number of primary amides is 1. The first-order valence-electron chi connectivity index (χ1n) is 11.4. The van der Waals surface area contributed by atoms with E-state index in [4.69, 9.17) is 5.73 Å². The van der Waals surface area contributed by atoms with Gasteiger partial charge in [0.05, 0.1) is 17.4 Å². The summed E-state index contributed by atoms with van der Waals surface area (Å²) < 4.78 is 0. The molecule has 0 unspecified atom stereocenters. The third-order valence-corrected chi connectivity index (χ3v) is 7.52. The van der Waals surface area contributed by atoms with Gasteiger partial charge < -0.3 is 36.2 Å². The number of aliphatic hydroxyl groups excluding tert-OH is 3. The molecular formula is C26H28N2O8. The van der Waals surface area contributed by atoms with E-state index in [1.807, 2.05) is 0 Å². The molecule has 0 spiro atoms. The second-order valence-corrected chi connectivity index (χ2v) is 9.37. The number of carbonyl (C=O) groups is 3. The Labute approximate surface area is 207 Å². The number of phenolic OH excluding ortho intramolecular Hbond substituents is 1. The Morgan fingerprint density at radius 3 is 2.36 bits per heavy atom. The van der Waals surface area contributed by atoms with Crippen molar-refractivity contribution in [1.82, 2.24) is 0 Å². The summed E-state index contributed by atoms with van der Waals surface area (Å²) in [6.45, 7) is 9.73. The summed E-state index contributed by atoms with van der Waals surface area (Å²) >= 11 is 0. The number of ketones is 2. The Morgan fingerprint density at radius 2 is 1.81 bits per heavy atom. The predicted octanol–water partition coefficient (Wildman–Crippen LogP) is 1.29. The molecule has 0 heterocycles. The Balaban J connectivity index is 1.94. The summed E-state index contributed by atoms with van der Waals surface area (Å²) in [6.07, 6.45) is 1.13. The van der Waals surface area contributed by atoms with Crippen molar-refractivity contribution < 1.29 is 39.9 Å². The van der Waals surface area contributed by atoms with Crippen LogP contribution in [0.1, 0.15) is 35.2 Å². The smallest absolute Gasteiger partial charge is 0.255 e. The van der Waals surface area contributed by atoms with Crippen LogP contribution in [-0.2, 0) is 9.59 Å². The third-order valence-electron chi connectivity index (χ3n) is 7.52. The van der Waals surface area contributed by atoms with Crippen molar-refractivity contribution in [2.45, 2.75) is 31.0 Å². The predicted molar refractivity (Wildman–Crippen MR) is 130 cm³/mol. The highest BCUT2D eigenvalue weighted by Gasteiger charge is 2.64. The second kappa shape index (κ2) is 8.65. The molecule has 3 aliphatic carbocycles. The number of amides is 1. The number of phenols is 1. The number of Topliss-reactive ketones (excluding diaryl/α,β-unsaturated/α-hetero) is 2. The number of rotatable bonds is 6. The lowest BCUT2D eigenvalue weighted by Crippen LogP contribution is -2.62. The van der Waals surface area contributed by atoms with E-state index in [9.17, 15) is 39.9 Å². The molecule has 3 aliphatic rings. The van der Waals surface area contributed by atoms with Crippen molar-refractivity contribution in [1.29, 1.82) is 0 Å². The largest absolute Gasteiger partial charge is 0.511 e. The number of hydrogen-bond acceptors (Lipinski definition) is 9. The zero-order chi connectivity index (χ0) is 26.7. The quantitative estimate of drug-likeness (QED) is 0.250. The fourth-order valence-corrected chi connectivity index (χ4v) is 5.82. The zero-order valence-electron chi connectivity index (χ0n) is 19.6. The molecule has 1 aromatic rings. The fraction of sp³-hybridized carbons (Fsp3) is 0.346. The maximum Gasteiger partial charge on any atom is 0.255 e. The lowest BCUT2D eigenvalue weighted by atomic mass is 9.56. The molecule has 0 radical (unpaired) electrons. The van der Waals surface area contributed by atoms with Crippen LogP contribution in [0.3, 0.4) is 0 Å². The molecule has 0 bridgehead atoms. The first-order chi connectivity index (χ1) is 16.9. The maximum atomic E-state index is 13.7. The molecule has 7 N–H and O–H groups in total. The summed E-state index contributed by atoms with van der Waals surface area (Å²) in [7, 11) is 0. The van der Waals surface area contributed by atoms with E-state index in [-0.39, 0.29) is 11.3 Å². The van der Waals surface area contributed by atoms with Gasteiger partial charge in [0.2, 0.25) is 5.78 Å². The van der Waals surface area contributed by atoms with Crippen molar-refractivity contribution in [3.8, 4) is 5.75 Å². The molecule has 10 nitrogen and oxygen atoms in total. The number of nitrogens with zero attached hydrogens (tertiary/aromatic N) is 1. The average molecular weight is 497 g/mol. The number of benzene rings is 1. The van der Waals surface area contributed by atoms with E-state index in [1.54, 1.807) is 36.1 Å². The number of allylic oxidation sites excluding steroid dienone is 1. The summed E-state index contributed by atoms with van der Waals surface area (Å²) in [5, 5.41) is 55.2. The fourth-order valence-electron chi connectivity index (χ4n) is 5.82. The number of hydrogen-bond donors (Lipinski definition) is 6. The van der Waals surface area contributed by atoms with Crippen molar-refractivity contribution in [2.24, 2.45) is 17.6 Å². The highest BCUT2D eigenvalue weighted by Crippen LogP contribution is 2.55. The van der Waals surface area contributed by atoms with E-state index in [2.05, 4.69) is 13.2 Å². The van der Waals surface area contributed by atoms with Crippen LogP contribution in [0.2, 0.25) is 0 Å². The van der Waals surface area contributed by atoms with Crippen LogP contribution in [0.15, 0.2) is 60.1 Å². The number of aliphatic hydroxyl groups is 4. The minimum Gasteiger partial charge on any atom is -0.511 e. The maximum absolute atomic E-state index is 13.7. The van der Waals surface area contributed by atoms with Gasteiger partial charge in [0.25, 0.3) is 5.91 Å². The normalized spacial score (nSPS) is 29.3. The first kappa shape index (κ1) is 25.2. The Hall–Kier alpha value is -3.89. The summed E-state index contributed by atoms with van der Waals surface area (Å²) in [5.41, 5.74) is 1.57. The molecular weight excluding hydrogens is 468 g/mol. The van der Waals surface area contributed by atoms with Gasteiger partial charge in [-0.1, -0.05) is 25.1 Å². The minimum absolute atomic E-state index is 0.137. The van der Waals surface area contributed by atoms with Gasteiger partial charge in [-0.3, -0.25) is 14.4 Å². The number of anilines is 1. The van der Waals surface area contributed by atoms with Gasteiger partial charge in [0.15, 0.2) is 11.4 Å². The van der Waals surface area contributed by atoms with E-state index in [1.165, 1.54) is 0 Å². The molecule has 1 aromatic carbocycles. The number of nitrogens with two attached hydrogens (primary N) is 1. The standard InChI is InChI=1S/C26H28N2O8/c1-4-8-28(9-5-2)14-7-6-12-11(3)16-19(22(32)17(12)21(14)31)24(34)26(36)13(20(16)30)10-15(29)18(23(26)33)25(27)35/h4-7,11,13,16,20,29-31,34,36H,1-2,8-10H2,3H3,(H2,27,35)/t11-,13+,16+,20+,26+/m0/s1. The van der Waals surface area contributed by atoms with Crippen LogP contribution < -0.4 is 10.6 Å². The highest BCUT2D eigenvalue weighted by atomic mass is 16.4. The average Bonchev–Trinajstić information content (AvgIpc) is 2.81. The number of fused-ring (bicyclic) bond motifs is 3. The van der Waals surface area contributed by atoms with Crippen LogP contribution in [0.4, 0.5) is 5.69 Å². The van der Waals surface area contributed by atoms with E-state index >= 15 is 0 Å². The first-order valence-corrected chi connectivity index (χ1v) is 11.4. The van der Waals surface area contributed by atoms with Crippen LogP contribution in [0.5, 0.6) is 5.75 Å². The van der Waals surface area contributed by atoms with E-state index in [0.717, 1.165) is 0 Å². The minimum atomic E-state index is -2.86. The lowest BCUT2D eigenvalue weighted by molar-refractivity contribution is -0.154. The molecule has 1 amide bonds. The van der Waals surface area contributed by atoms with Crippen LogP contribution in [0, 0.1) is 11.8 Å². The molecule has 5 atom stereocenters. The zero-order valence-corrected chi connectivity index (χ0v) is 19.6. The van der Waals surface area contributed by atoms with Gasteiger partial charge in [-0.05, 0) is 17.5 Å². The SMILES string of the molecule is C=CCN(CC=C)c1ccc2c(c1O)C(=O)C1=C(O)[C@]3(O)C(=O)C(C(N)=O)=C(O)C[C@@H]3[C@@H](O)[C@@H]1[C@H]2C. The van der Waals surface area contributed by atoms with Gasteiger partial charge in [-0.2, -0.15) is 0 Å². The molecule has 190 valence electrons. The van der Waals surface area contributed by atoms with Gasteiger partial charge in [0, 0.05) is 36.9 Å². The van der Waals surface area contributed by atoms with Crippen molar-refractivity contribution in [2.75, 3.05) is 18.0 Å². The number of aromatic hydroxyl groups is 1. The van der Waals surface area contributed by atoms with Crippen molar-refractivity contribution >= 4 is 23.2 Å². The molecule has 10 heteroatoms. The van der Waals surface area contributed by atoms with Crippen molar-refractivity contribution in [3.05, 3.63) is 71.2 Å². The molecule has 0 saturated heterocycles. The summed E-state index contributed by atoms with van der Waals surface area (Å²) in [5.74, 6) is -8.85. The molecule has 0 saturated carbocycles. The number of carbonyl (C=O) groups excluding carboxylic acids is 3. The monoisotopic (exact) mass is 496 g/mol. The van der Waals surface area contributed by atoms with E-state index < -0.39 is 76.0 Å². The molecule has 0 aromatic heterocycles. The lowest BCUT2D eigenvalue weighted by Gasteiger charge is -2.50. The van der Waals surface area contributed by atoms with Crippen LogP contribution in [-0.4, -0.2) is 67.8 Å². The van der Waals surface area contributed by atoms with Crippen LogP contribution in [0.25, 0.3) is 0 Å². The van der Waals surface area contributed by atoms with E-state index in [0.29, 0.717) is 24.3 Å². The molecule has 4 rings (SSSR count). The second-order valence-electron chi connectivity index (χ2n) is 9.37. The molecule has 0 fully saturated rings. The van der Waals surface area contributed by atoms with Crippen LogP contribution >= 0.6 is 0 Å². The third kappa shape index (κ3) is 3.21. The van der Waals surface area contributed by atoms with Gasteiger partial charge in [-0.25, -0.2) is 0 Å². The molecule has 0 aliphatic heterocycles. The van der Waals surface area contributed by atoms with Gasteiger partial charge in [-0.15, -0.1) is 13.2 Å². The Bertz CT molecular complexity index is 1270. The van der Waals surface area contributed by atoms with Gasteiger partial charge >= 0.3 is 0 Å².